The molecule has 0 amide bonds. The van der Waals surface area contributed by atoms with Crippen molar-refractivity contribution in [2.24, 2.45) is 0 Å². The molecule has 1 aliphatic heterocycles. The van der Waals surface area contributed by atoms with Crippen LogP contribution in [0, 0.1) is 6.92 Å². The summed E-state index contributed by atoms with van der Waals surface area (Å²) in [7, 11) is -3.59. The lowest BCUT2D eigenvalue weighted by Gasteiger charge is -2.35. The van der Waals surface area contributed by atoms with Gasteiger partial charge in [0.05, 0.1) is 10.5 Å². The van der Waals surface area contributed by atoms with Gasteiger partial charge in [0, 0.05) is 31.9 Å². The van der Waals surface area contributed by atoms with Gasteiger partial charge in [-0.2, -0.15) is 17.5 Å². The van der Waals surface area contributed by atoms with Crippen LogP contribution in [0.5, 0.6) is 0 Å². The van der Waals surface area contributed by atoms with Crippen LogP contribution in [0.15, 0.2) is 53.4 Å². The van der Waals surface area contributed by atoms with Crippen LogP contribution in [0.4, 0.5) is 18.9 Å². The number of hydrogen-bond acceptors (Lipinski definition) is 3. The van der Waals surface area contributed by atoms with Gasteiger partial charge < -0.3 is 4.90 Å². The number of piperazine rings is 1. The summed E-state index contributed by atoms with van der Waals surface area (Å²) >= 11 is 0. The molecule has 0 atom stereocenters. The Morgan fingerprint density at radius 1 is 0.923 bits per heavy atom. The fourth-order valence-electron chi connectivity index (χ4n) is 2.99. The van der Waals surface area contributed by atoms with Gasteiger partial charge in [0.1, 0.15) is 0 Å². The molecule has 2 aromatic rings. The predicted molar refractivity (Wildman–Crippen MR) is 93.6 cm³/mol. The smallest absolute Gasteiger partial charge is 0.369 e. The maximum absolute atomic E-state index is 12.9. The van der Waals surface area contributed by atoms with E-state index in [0.717, 1.165) is 17.7 Å². The Labute approximate surface area is 150 Å². The molecule has 3 rings (SSSR count). The zero-order valence-electron chi connectivity index (χ0n) is 14.2. The molecule has 0 bridgehead atoms. The van der Waals surface area contributed by atoms with E-state index in [1.54, 1.807) is 29.2 Å². The van der Waals surface area contributed by atoms with E-state index in [0.29, 0.717) is 18.8 Å². The zero-order valence-corrected chi connectivity index (χ0v) is 15.0. The van der Waals surface area contributed by atoms with E-state index in [1.807, 2.05) is 13.0 Å². The highest BCUT2D eigenvalue weighted by molar-refractivity contribution is 7.89. The lowest BCUT2D eigenvalue weighted by Crippen LogP contribution is -2.48. The third kappa shape index (κ3) is 3.86. The first-order chi connectivity index (χ1) is 12.2. The Bertz CT molecular complexity index is 889. The van der Waals surface area contributed by atoms with Crippen molar-refractivity contribution in [3.8, 4) is 0 Å². The summed E-state index contributed by atoms with van der Waals surface area (Å²) in [6.07, 6.45) is -4.40. The molecule has 8 heteroatoms. The third-order valence-corrected chi connectivity index (χ3v) is 6.30. The largest absolute Gasteiger partial charge is 0.416 e. The minimum absolute atomic E-state index is 0.229. The van der Waals surface area contributed by atoms with Gasteiger partial charge >= 0.3 is 6.18 Å². The lowest BCUT2D eigenvalue weighted by molar-refractivity contribution is -0.137. The van der Waals surface area contributed by atoms with Gasteiger partial charge in [0.2, 0.25) is 10.0 Å². The number of benzene rings is 2. The van der Waals surface area contributed by atoms with Crippen LogP contribution >= 0.6 is 0 Å². The zero-order chi connectivity index (χ0) is 18.9. The van der Waals surface area contributed by atoms with E-state index in [4.69, 9.17) is 0 Å². The number of nitrogens with zero attached hydrogens (tertiary/aromatic N) is 2. The highest BCUT2D eigenvalue weighted by Gasteiger charge is 2.32. The lowest BCUT2D eigenvalue weighted by atomic mass is 10.1. The van der Waals surface area contributed by atoms with Crippen LogP contribution in [0.25, 0.3) is 0 Å². The van der Waals surface area contributed by atoms with Crippen molar-refractivity contribution in [3.63, 3.8) is 0 Å². The molecule has 0 aromatic heterocycles. The summed E-state index contributed by atoms with van der Waals surface area (Å²) in [4.78, 5) is 2.02. The van der Waals surface area contributed by atoms with Gasteiger partial charge in [-0.1, -0.05) is 18.2 Å². The first kappa shape index (κ1) is 18.7. The van der Waals surface area contributed by atoms with Crippen molar-refractivity contribution in [2.45, 2.75) is 18.0 Å². The molecule has 140 valence electrons. The van der Waals surface area contributed by atoms with E-state index in [2.05, 4.69) is 0 Å². The Balaban J connectivity index is 1.73. The monoisotopic (exact) mass is 384 g/mol. The van der Waals surface area contributed by atoms with Gasteiger partial charge in [0.25, 0.3) is 0 Å². The van der Waals surface area contributed by atoms with Gasteiger partial charge in [-0.25, -0.2) is 8.42 Å². The number of hydrogen-bond donors (Lipinski definition) is 0. The van der Waals surface area contributed by atoms with Crippen LogP contribution in [-0.2, 0) is 16.2 Å². The van der Waals surface area contributed by atoms with Crippen molar-refractivity contribution in [1.29, 1.82) is 0 Å². The third-order valence-electron chi connectivity index (χ3n) is 4.40. The molecule has 1 fully saturated rings. The first-order valence-electron chi connectivity index (χ1n) is 8.17. The van der Waals surface area contributed by atoms with Crippen LogP contribution in [0.1, 0.15) is 11.1 Å². The normalized spacial score (nSPS) is 16.7. The Morgan fingerprint density at radius 3 is 2.19 bits per heavy atom. The van der Waals surface area contributed by atoms with E-state index >= 15 is 0 Å². The summed E-state index contributed by atoms with van der Waals surface area (Å²) in [5, 5.41) is 0. The number of aryl methyl sites for hydroxylation is 1. The summed E-state index contributed by atoms with van der Waals surface area (Å²) in [5.41, 5.74) is 0.603. The Morgan fingerprint density at radius 2 is 1.58 bits per heavy atom. The van der Waals surface area contributed by atoms with Crippen LogP contribution in [0.3, 0.4) is 0 Å². The van der Waals surface area contributed by atoms with Crippen molar-refractivity contribution < 1.29 is 21.6 Å². The molecule has 26 heavy (non-hydrogen) atoms. The van der Waals surface area contributed by atoms with E-state index in [1.165, 1.54) is 10.4 Å². The van der Waals surface area contributed by atoms with E-state index in [-0.39, 0.29) is 18.0 Å². The van der Waals surface area contributed by atoms with Crippen LogP contribution in [0.2, 0.25) is 0 Å². The highest BCUT2D eigenvalue weighted by atomic mass is 32.2. The van der Waals surface area contributed by atoms with Crippen molar-refractivity contribution in [2.75, 3.05) is 31.1 Å². The molecule has 0 unspecified atom stereocenters. The number of halogens is 3. The fourth-order valence-corrected chi connectivity index (χ4v) is 4.52. The second-order valence-electron chi connectivity index (χ2n) is 6.26. The molecule has 1 aliphatic rings. The molecular weight excluding hydrogens is 365 g/mol. The highest BCUT2D eigenvalue weighted by Crippen LogP contribution is 2.32. The number of alkyl halides is 3. The van der Waals surface area contributed by atoms with Gasteiger partial charge in [-0.05, 0) is 42.8 Å². The average Bonchev–Trinajstić information content (AvgIpc) is 2.61. The number of anilines is 1. The Hall–Kier alpha value is -2.06. The summed E-state index contributed by atoms with van der Waals surface area (Å²) in [6, 6.07) is 11.8. The van der Waals surface area contributed by atoms with E-state index in [9.17, 15) is 21.6 Å². The molecule has 1 heterocycles. The summed E-state index contributed by atoms with van der Waals surface area (Å²) < 4.78 is 65.4. The molecule has 2 aromatic carbocycles. The van der Waals surface area contributed by atoms with Crippen molar-refractivity contribution in [1.82, 2.24) is 4.31 Å². The molecule has 0 saturated carbocycles. The SMILES string of the molecule is Cc1cccc(S(=O)(=O)N2CCN(c3cccc(C(F)(F)F)c3)CC2)c1. The second-order valence-corrected chi connectivity index (χ2v) is 8.19. The molecule has 0 aliphatic carbocycles. The van der Waals surface area contributed by atoms with Gasteiger partial charge in [0.15, 0.2) is 0 Å². The second kappa shape index (κ2) is 6.92. The topological polar surface area (TPSA) is 40.6 Å². The minimum atomic E-state index is -4.40. The molecular formula is C18H19F3N2O2S. The Kier molecular flexibility index (Phi) is 4.98. The maximum Gasteiger partial charge on any atom is 0.416 e. The minimum Gasteiger partial charge on any atom is -0.369 e. The fraction of sp³-hybridized carbons (Fsp3) is 0.333. The summed E-state index contributed by atoms with van der Waals surface area (Å²) in [5.74, 6) is 0. The molecule has 0 radical (unpaired) electrons. The average molecular weight is 384 g/mol. The maximum atomic E-state index is 12.9. The quantitative estimate of drug-likeness (QED) is 0.813. The van der Waals surface area contributed by atoms with Crippen molar-refractivity contribution >= 4 is 15.7 Å². The molecule has 4 nitrogen and oxygen atoms in total. The number of rotatable bonds is 3. The standard InChI is InChI=1S/C18H19F3N2O2S/c1-14-4-2-7-17(12-14)26(24,25)23-10-8-22(9-11-23)16-6-3-5-15(13-16)18(19,20)21/h2-7,12-13H,8-11H2,1H3. The number of sulfonamides is 1. The van der Waals surface area contributed by atoms with E-state index < -0.39 is 21.8 Å². The molecule has 1 saturated heterocycles. The summed E-state index contributed by atoms with van der Waals surface area (Å²) in [6.45, 7) is 2.96. The van der Waals surface area contributed by atoms with Crippen molar-refractivity contribution in [3.05, 3.63) is 59.7 Å². The first-order valence-corrected chi connectivity index (χ1v) is 9.61. The van der Waals surface area contributed by atoms with Crippen LogP contribution in [-0.4, -0.2) is 38.9 Å². The van der Waals surface area contributed by atoms with Gasteiger partial charge in [-0.15, -0.1) is 0 Å². The molecule has 0 spiro atoms. The van der Waals surface area contributed by atoms with Crippen LogP contribution < -0.4 is 4.90 Å². The molecule has 0 N–H and O–H groups in total. The predicted octanol–water partition coefficient (Wildman–Crippen LogP) is 3.52. The van der Waals surface area contributed by atoms with Gasteiger partial charge in [-0.3, -0.25) is 0 Å².